The van der Waals surface area contributed by atoms with Gasteiger partial charge in [0, 0.05) is 6.20 Å². The number of nitriles is 1. The van der Waals surface area contributed by atoms with Gasteiger partial charge in [-0.1, -0.05) is 0 Å². The molecule has 0 radical (unpaired) electrons. The minimum atomic E-state index is -2.90. The van der Waals surface area contributed by atoms with Crippen LogP contribution in [0.2, 0.25) is 0 Å². The summed E-state index contributed by atoms with van der Waals surface area (Å²) in [5.74, 6) is -1.35. The summed E-state index contributed by atoms with van der Waals surface area (Å²) in [5.41, 5.74) is 0.574. The van der Waals surface area contributed by atoms with Gasteiger partial charge in [-0.25, -0.2) is 4.39 Å². The Bertz CT molecular complexity index is 920. The summed E-state index contributed by atoms with van der Waals surface area (Å²) < 4.78 is 49.1. The molecule has 0 amide bonds. The number of alkyl halides is 2. The normalized spacial score (nSPS) is 10.7. The molecule has 126 valence electrons. The Morgan fingerprint density at radius 2 is 1.96 bits per heavy atom. The van der Waals surface area contributed by atoms with Crippen LogP contribution in [-0.4, -0.2) is 15.2 Å². The second-order valence-electron chi connectivity index (χ2n) is 4.82. The van der Waals surface area contributed by atoms with Crippen LogP contribution < -0.4 is 4.74 Å². The number of halogens is 3. The van der Waals surface area contributed by atoms with E-state index in [-0.39, 0.29) is 23.8 Å². The van der Waals surface area contributed by atoms with Crippen molar-refractivity contribution in [1.82, 2.24) is 15.2 Å². The number of nitrogens with zero attached hydrogens (tertiary/aromatic N) is 4. The molecule has 0 fully saturated rings. The van der Waals surface area contributed by atoms with Crippen molar-refractivity contribution in [2.75, 3.05) is 0 Å². The monoisotopic (exact) mass is 346 g/mol. The fraction of sp³-hybridized carbons (Fsp3) is 0.125. The van der Waals surface area contributed by atoms with Crippen molar-refractivity contribution >= 4 is 0 Å². The summed E-state index contributed by atoms with van der Waals surface area (Å²) in [7, 11) is 0. The summed E-state index contributed by atoms with van der Waals surface area (Å²) in [5, 5.41) is 15.3. The van der Waals surface area contributed by atoms with Crippen LogP contribution in [0.25, 0.3) is 11.5 Å². The molecule has 0 atom stereocenters. The lowest BCUT2D eigenvalue weighted by Gasteiger charge is -2.07. The van der Waals surface area contributed by atoms with Crippen LogP contribution in [0.15, 0.2) is 40.9 Å². The summed E-state index contributed by atoms with van der Waals surface area (Å²) in [6.07, 6.45) is -1.68. The van der Waals surface area contributed by atoms with E-state index < -0.39 is 18.1 Å². The molecule has 2 aromatic heterocycles. The molecule has 0 spiro atoms. The molecule has 3 rings (SSSR count). The smallest absolute Gasteiger partial charge is 0.314 e. The van der Waals surface area contributed by atoms with E-state index >= 15 is 0 Å². The Labute approximate surface area is 139 Å². The van der Waals surface area contributed by atoms with Gasteiger partial charge >= 0.3 is 6.43 Å². The molecule has 0 aliphatic heterocycles. The predicted molar refractivity (Wildman–Crippen MR) is 77.9 cm³/mol. The maximum Gasteiger partial charge on any atom is 0.314 e. The van der Waals surface area contributed by atoms with Gasteiger partial charge in [0.15, 0.2) is 0 Å². The number of rotatable bonds is 5. The lowest BCUT2D eigenvalue weighted by atomic mass is 10.2. The largest absolute Gasteiger partial charge is 0.487 e. The minimum Gasteiger partial charge on any atom is -0.487 e. The first-order valence-electron chi connectivity index (χ1n) is 6.96. The Morgan fingerprint density at radius 3 is 2.56 bits per heavy atom. The van der Waals surface area contributed by atoms with Crippen molar-refractivity contribution in [3.8, 4) is 23.3 Å². The van der Waals surface area contributed by atoms with E-state index in [2.05, 4.69) is 15.2 Å². The fourth-order valence-corrected chi connectivity index (χ4v) is 1.91. The van der Waals surface area contributed by atoms with E-state index in [0.29, 0.717) is 11.3 Å². The van der Waals surface area contributed by atoms with Gasteiger partial charge in [-0.3, -0.25) is 4.98 Å². The van der Waals surface area contributed by atoms with Crippen molar-refractivity contribution < 1.29 is 22.3 Å². The molecule has 25 heavy (non-hydrogen) atoms. The third-order valence-electron chi connectivity index (χ3n) is 3.15. The van der Waals surface area contributed by atoms with Gasteiger partial charge in [-0.15, -0.1) is 10.2 Å². The lowest BCUT2D eigenvalue weighted by Crippen LogP contribution is -2.02. The van der Waals surface area contributed by atoms with Crippen LogP contribution >= 0.6 is 0 Å². The topological polar surface area (TPSA) is 84.8 Å². The molecule has 0 aliphatic rings. The molecule has 3 aromatic rings. The zero-order valence-electron chi connectivity index (χ0n) is 12.5. The molecule has 0 aliphatic carbocycles. The highest BCUT2D eigenvalue weighted by Crippen LogP contribution is 2.24. The van der Waals surface area contributed by atoms with Gasteiger partial charge in [0.05, 0.1) is 17.2 Å². The molecule has 9 heteroatoms. The quantitative estimate of drug-likeness (QED) is 0.701. The third kappa shape index (κ3) is 3.74. The summed E-state index contributed by atoms with van der Waals surface area (Å²) in [6.45, 7) is -0.149. The average Bonchev–Trinajstić information content (AvgIpc) is 3.11. The van der Waals surface area contributed by atoms with Gasteiger partial charge in [0.25, 0.3) is 5.89 Å². The minimum absolute atomic E-state index is 0.0155. The van der Waals surface area contributed by atoms with Crippen molar-refractivity contribution in [2.24, 2.45) is 0 Å². The Morgan fingerprint density at radius 1 is 1.20 bits per heavy atom. The highest BCUT2D eigenvalue weighted by atomic mass is 19.3. The first-order valence-corrected chi connectivity index (χ1v) is 6.96. The first-order chi connectivity index (χ1) is 12.1. The zero-order valence-corrected chi connectivity index (χ0v) is 12.5. The Hall–Kier alpha value is -3.41. The van der Waals surface area contributed by atoms with Gasteiger partial charge in [-0.2, -0.15) is 14.0 Å². The maximum atomic E-state index is 14.1. The number of hydrogen-bond donors (Lipinski definition) is 0. The van der Waals surface area contributed by atoms with Gasteiger partial charge in [0.2, 0.25) is 5.89 Å². The number of ether oxygens (including phenoxy) is 1. The second kappa shape index (κ2) is 7.00. The highest BCUT2D eigenvalue weighted by Gasteiger charge is 2.18. The predicted octanol–water partition coefficient (Wildman–Crippen LogP) is 3.66. The highest BCUT2D eigenvalue weighted by molar-refractivity contribution is 5.51. The summed E-state index contributed by atoms with van der Waals surface area (Å²) >= 11 is 0. The van der Waals surface area contributed by atoms with Crippen LogP contribution in [0.3, 0.4) is 0 Å². The van der Waals surface area contributed by atoms with Gasteiger partial charge in [0.1, 0.15) is 23.9 Å². The van der Waals surface area contributed by atoms with Crippen LogP contribution in [0.5, 0.6) is 5.75 Å². The molecule has 0 N–H and O–H groups in total. The Kier molecular flexibility index (Phi) is 4.61. The number of hydrogen-bond acceptors (Lipinski definition) is 6. The first kappa shape index (κ1) is 16.4. The summed E-state index contributed by atoms with van der Waals surface area (Å²) in [6, 6.07) is 9.31. The molecule has 0 saturated carbocycles. The van der Waals surface area contributed by atoms with Crippen molar-refractivity contribution in [3.05, 3.63) is 59.5 Å². The van der Waals surface area contributed by atoms with E-state index in [4.69, 9.17) is 14.4 Å². The fourth-order valence-electron chi connectivity index (χ4n) is 1.91. The molecule has 0 bridgehead atoms. The molecule has 0 saturated heterocycles. The van der Waals surface area contributed by atoms with Crippen LogP contribution in [0, 0.1) is 17.1 Å². The van der Waals surface area contributed by atoms with Crippen LogP contribution in [0.1, 0.15) is 23.6 Å². The van der Waals surface area contributed by atoms with Crippen molar-refractivity contribution in [3.63, 3.8) is 0 Å². The molecular formula is C16H9F3N4O2. The Balaban J connectivity index is 1.71. The van der Waals surface area contributed by atoms with Crippen LogP contribution in [-0.2, 0) is 6.61 Å². The summed E-state index contributed by atoms with van der Waals surface area (Å²) in [4.78, 5) is 3.89. The molecular weight excluding hydrogens is 337 g/mol. The zero-order chi connectivity index (χ0) is 17.8. The second-order valence-corrected chi connectivity index (χ2v) is 4.82. The number of aromatic nitrogens is 3. The average molecular weight is 346 g/mol. The van der Waals surface area contributed by atoms with Gasteiger partial charge < -0.3 is 9.15 Å². The SMILES string of the molecule is N#Cc1ccc(OCc2ncc(-c3nnc(C(F)F)o3)cc2F)cc1. The van der Waals surface area contributed by atoms with Crippen molar-refractivity contribution in [1.29, 1.82) is 5.26 Å². The molecule has 2 heterocycles. The molecule has 1 aromatic carbocycles. The van der Waals surface area contributed by atoms with E-state index in [9.17, 15) is 13.2 Å². The van der Waals surface area contributed by atoms with E-state index in [0.717, 1.165) is 6.07 Å². The molecule has 0 unspecified atom stereocenters. The standard InChI is InChI=1S/C16H9F3N4O2/c17-12-5-10(15-22-23-16(25-15)14(18)19)7-21-13(12)8-24-11-3-1-9(6-20)2-4-11/h1-5,7,14H,8H2. The van der Waals surface area contributed by atoms with E-state index in [1.54, 1.807) is 24.3 Å². The van der Waals surface area contributed by atoms with E-state index in [1.165, 1.54) is 6.20 Å². The van der Waals surface area contributed by atoms with E-state index in [1.807, 2.05) is 6.07 Å². The molecule has 6 nitrogen and oxygen atoms in total. The third-order valence-corrected chi connectivity index (χ3v) is 3.15. The number of pyridine rings is 1. The maximum absolute atomic E-state index is 14.1. The lowest BCUT2D eigenvalue weighted by molar-refractivity contribution is 0.116. The number of benzene rings is 1. The van der Waals surface area contributed by atoms with Crippen LogP contribution in [0.4, 0.5) is 13.2 Å². The van der Waals surface area contributed by atoms with Crippen molar-refractivity contribution in [2.45, 2.75) is 13.0 Å². The van der Waals surface area contributed by atoms with Gasteiger partial charge in [-0.05, 0) is 30.3 Å².